The topological polar surface area (TPSA) is 92.0 Å². The molecule has 2 aromatic carbocycles. The molecule has 0 radical (unpaired) electrons. The van der Waals surface area contributed by atoms with Crippen molar-refractivity contribution in [2.24, 2.45) is 5.10 Å². The fraction of sp³-hybridized carbons (Fsp3) is 0.333. The van der Waals surface area contributed by atoms with Gasteiger partial charge in [0.25, 0.3) is 5.56 Å². The molecule has 0 bridgehead atoms. The Labute approximate surface area is 210 Å². The summed E-state index contributed by atoms with van der Waals surface area (Å²) in [7, 11) is 2.73. The lowest BCUT2D eigenvalue weighted by molar-refractivity contribution is -0.147. The van der Waals surface area contributed by atoms with Gasteiger partial charge in [0.2, 0.25) is 0 Å². The van der Waals surface area contributed by atoms with Gasteiger partial charge in [-0.25, -0.2) is 9.78 Å². The Hall–Kier alpha value is -2.91. The van der Waals surface area contributed by atoms with E-state index in [9.17, 15) is 9.59 Å². The summed E-state index contributed by atoms with van der Waals surface area (Å²) in [6.07, 6.45) is 0.510. The standard InChI is InChI=1S/C24H25BrClN3O5/c1-13(22(31)33-6)34-20-14(9-16(26)11-19(20)32-5)12-27-29-21(30)17-10-15(25)7-8-18(17)28-23(29)24(2,3)4/h7-13H,1-6H3/t13-/m1/s1. The SMILES string of the molecule is COC(=O)[C@@H](C)Oc1c(C=Nn2c(C(C)(C)C)nc3ccc(Br)cc3c2=O)cc(Cl)cc1OC. The molecule has 0 N–H and O–H groups in total. The normalized spacial score (nSPS) is 12.7. The third-order valence-electron chi connectivity index (χ3n) is 4.89. The third-order valence-corrected chi connectivity index (χ3v) is 5.60. The van der Waals surface area contributed by atoms with Gasteiger partial charge in [-0.3, -0.25) is 4.79 Å². The highest BCUT2D eigenvalue weighted by atomic mass is 79.9. The van der Waals surface area contributed by atoms with Crippen LogP contribution in [0.4, 0.5) is 0 Å². The summed E-state index contributed by atoms with van der Waals surface area (Å²) in [6.45, 7) is 7.38. The average molecular weight is 551 g/mol. The van der Waals surface area contributed by atoms with Gasteiger partial charge < -0.3 is 14.2 Å². The molecule has 0 saturated carbocycles. The van der Waals surface area contributed by atoms with E-state index in [-0.39, 0.29) is 11.3 Å². The third kappa shape index (κ3) is 5.42. The number of benzene rings is 2. The van der Waals surface area contributed by atoms with E-state index in [1.54, 1.807) is 31.2 Å². The summed E-state index contributed by atoms with van der Waals surface area (Å²) in [5, 5.41) is 5.24. The zero-order valence-electron chi connectivity index (χ0n) is 19.7. The number of rotatable bonds is 6. The highest BCUT2D eigenvalue weighted by Crippen LogP contribution is 2.35. The first-order valence-electron chi connectivity index (χ1n) is 10.4. The number of hydrogen-bond donors (Lipinski definition) is 0. The molecule has 0 fully saturated rings. The first-order chi connectivity index (χ1) is 16.0. The fourth-order valence-electron chi connectivity index (χ4n) is 3.21. The number of aromatic nitrogens is 2. The summed E-state index contributed by atoms with van der Waals surface area (Å²) in [5.41, 5.74) is 0.167. The molecule has 0 aliphatic rings. The molecule has 1 heterocycles. The van der Waals surface area contributed by atoms with Gasteiger partial charge in [-0.05, 0) is 31.2 Å². The molecule has 0 amide bonds. The maximum absolute atomic E-state index is 13.4. The van der Waals surface area contributed by atoms with Gasteiger partial charge in [0.05, 0.1) is 31.3 Å². The highest BCUT2D eigenvalue weighted by molar-refractivity contribution is 9.10. The summed E-state index contributed by atoms with van der Waals surface area (Å²) in [4.78, 5) is 30.0. The largest absolute Gasteiger partial charge is 0.493 e. The predicted octanol–water partition coefficient (Wildman–Crippen LogP) is 4.94. The summed E-state index contributed by atoms with van der Waals surface area (Å²) in [6, 6.07) is 8.48. The Morgan fingerprint density at radius 3 is 2.56 bits per heavy atom. The molecule has 10 heteroatoms. The van der Waals surface area contributed by atoms with Crippen LogP contribution in [0.3, 0.4) is 0 Å². The van der Waals surface area contributed by atoms with Crippen LogP contribution in [0.25, 0.3) is 10.9 Å². The van der Waals surface area contributed by atoms with Crippen molar-refractivity contribution >= 4 is 50.6 Å². The van der Waals surface area contributed by atoms with Crippen LogP contribution in [0.1, 0.15) is 39.1 Å². The zero-order valence-corrected chi connectivity index (χ0v) is 22.0. The first-order valence-corrected chi connectivity index (χ1v) is 11.5. The van der Waals surface area contributed by atoms with Crippen molar-refractivity contribution in [1.82, 2.24) is 9.66 Å². The van der Waals surface area contributed by atoms with E-state index in [1.165, 1.54) is 25.1 Å². The Kier molecular flexibility index (Phi) is 7.67. The van der Waals surface area contributed by atoms with Crippen molar-refractivity contribution in [3.8, 4) is 11.5 Å². The Morgan fingerprint density at radius 1 is 1.24 bits per heavy atom. The number of esters is 1. The molecule has 0 saturated heterocycles. The second kappa shape index (κ2) is 10.1. The van der Waals surface area contributed by atoms with Gasteiger partial charge in [0, 0.05) is 26.5 Å². The molecule has 3 rings (SSSR count). The first kappa shape index (κ1) is 25.7. The second-order valence-corrected chi connectivity index (χ2v) is 9.87. The summed E-state index contributed by atoms with van der Waals surface area (Å²) in [5.74, 6) is 0.447. The Bertz CT molecular complexity index is 1330. The van der Waals surface area contributed by atoms with Gasteiger partial charge in [0.1, 0.15) is 5.82 Å². The summed E-state index contributed by atoms with van der Waals surface area (Å²) < 4.78 is 18.0. The van der Waals surface area contributed by atoms with Crippen LogP contribution in [-0.2, 0) is 14.9 Å². The molecular weight excluding hydrogens is 526 g/mol. The Morgan fingerprint density at radius 2 is 1.94 bits per heavy atom. The minimum atomic E-state index is -0.917. The molecule has 1 atom stereocenters. The van der Waals surface area contributed by atoms with Crippen LogP contribution in [0.2, 0.25) is 5.02 Å². The van der Waals surface area contributed by atoms with Crippen LogP contribution >= 0.6 is 27.5 Å². The van der Waals surface area contributed by atoms with Gasteiger partial charge in [-0.2, -0.15) is 9.78 Å². The number of carbonyl (C=O) groups excluding carboxylic acids is 1. The number of halogens is 2. The van der Waals surface area contributed by atoms with Crippen LogP contribution in [-0.4, -0.2) is 42.2 Å². The second-order valence-electron chi connectivity index (χ2n) is 8.52. The van der Waals surface area contributed by atoms with E-state index in [0.717, 1.165) is 4.47 Å². The number of ether oxygens (including phenoxy) is 3. The molecule has 0 aliphatic heterocycles. The van der Waals surface area contributed by atoms with Gasteiger partial charge >= 0.3 is 5.97 Å². The monoisotopic (exact) mass is 549 g/mol. The van der Waals surface area contributed by atoms with E-state index in [2.05, 4.69) is 21.0 Å². The minimum absolute atomic E-state index is 0.232. The van der Waals surface area contributed by atoms with Crippen LogP contribution in [0.15, 0.2) is 44.7 Å². The molecule has 3 aromatic rings. The highest BCUT2D eigenvalue weighted by Gasteiger charge is 2.24. The molecule has 180 valence electrons. The lowest BCUT2D eigenvalue weighted by Crippen LogP contribution is -2.29. The van der Waals surface area contributed by atoms with Crippen molar-refractivity contribution in [2.75, 3.05) is 14.2 Å². The van der Waals surface area contributed by atoms with Crippen molar-refractivity contribution in [3.05, 3.63) is 61.6 Å². The van der Waals surface area contributed by atoms with E-state index >= 15 is 0 Å². The summed E-state index contributed by atoms with van der Waals surface area (Å²) >= 11 is 9.67. The van der Waals surface area contributed by atoms with E-state index in [1.807, 2.05) is 26.8 Å². The lowest BCUT2D eigenvalue weighted by atomic mass is 9.95. The molecule has 0 spiro atoms. The van der Waals surface area contributed by atoms with Gasteiger partial charge in [-0.1, -0.05) is 48.3 Å². The fourth-order valence-corrected chi connectivity index (χ4v) is 3.79. The predicted molar refractivity (Wildman–Crippen MR) is 136 cm³/mol. The van der Waals surface area contributed by atoms with E-state index in [0.29, 0.717) is 33.1 Å². The van der Waals surface area contributed by atoms with Crippen molar-refractivity contribution in [1.29, 1.82) is 0 Å². The minimum Gasteiger partial charge on any atom is -0.493 e. The zero-order chi connectivity index (χ0) is 25.2. The molecule has 8 nitrogen and oxygen atoms in total. The van der Waals surface area contributed by atoms with Crippen LogP contribution in [0, 0.1) is 0 Å². The molecule has 1 aromatic heterocycles. The van der Waals surface area contributed by atoms with E-state index < -0.39 is 17.5 Å². The van der Waals surface area contributed by atoms with Crippen LogP contribution < -0.4 is 15.0 Å². The molecular formula is C24H25BrClN3O5. The number of fused-ring (bicyclic) bond motifs is 1. The average Bonchev–Trinajstić information content (AvgIpc) is 2.78. The molecule has 0 aliphatic carbocycles. The van der Waals surface area contributed by atoms with E-state index in [4.69, 9.17) is 30.8 Å². The van der Waals surface area contributed by atoms with Gasteiger partial charge in [0.15, 0.2) is 17.6 Å². The number of methoxy groups -OCH3 is 2. The molecule has 34 heavy (non-hydrogen) atoms. The van der Waals surface area contributed by atoms with Crippen LogP contribution in [0.5, 0.6) is 11.5 Å². The molecule has 0 unspecified atom stereocenters. The Balaban J connectivity index is 2.21. The smallest absolute Gasteiger partial charge is 0.346 e. The van der Waals surface area contributed by atoms with Crippen molar-refractivity contribution in [2.45, 2.75) is 39.2 Å². The number of hydrogen-bond acceptors (Lipinski definition) is 7. The van der Waals surface area contributed by atoms with Crippen molar-refractivity contribution < 1.29 is 19.0 Å². The maximum atomic E-state index is 13.4. The number of nitrogens with zero attached hydrogens (tertiary/aromatic N) is 3. The lowest BCUT2D eigenvalue weighted by Gasteiger charge is -2.21. The quantitative estimate of drug-likeness (QED) is 0.319. The van der Waals surface area contributed by atoms with Gasteiger partial charge in [-0.15, -0.1) is 0 Å². The number of carbonyl (C=O) groups is 1. The maximum Gasteiger partial charge on any atom is 0.346 e. The van der Waals surface area contributed by atoms with Crippen molar-refractivity contribution in [3.63, 3.8) is 0 Å².